The van der Waals surface area contributed by atoms with Crippen molar-refractivity contribution in [1.82, 2.24) is 10.2 Å². The van der Waals surface area contributed by atoms with Gasteiger partial charge in [-0.15, -0.1) is 0 Å². The minimum absolute atomic E-state index is 0.0548. The van der Waals surface area contributed by atoms with Crippen LogP contribution in [0.25, 0.3) is 0 Å². The number of carbonyl (C=O) groups is 1. The fraction of sp³-hybridized carbons (Fsp3) is 0.444. The molecule has 1 aliphatic carbocycles. The SMILES string of the molecule is CN(Cc1ccc(C#N)cc1)C(=O)NCCC1=CCCCC1. The highest BCUT2D eigenvalue weighted by atomic mass is 16.2. The summed E-state index contributed by atoms with van der Waals surface area (Å²) >= 11 is 0. The monoisotopic (exact) mass is 297 g/mol. The van der Waals surface area contributed by atoms with Crippen molar-refractivity contribution in [2.24, 2.45) is 0 Å². The van der Waals surface area contributed by atoms with E-state index in [1.807, 2.05) is 12.1 Å². The topological polar surface area (TPSA) is 56.1 Å². The maximum absolute atomic E-state index is 12.1. The predicted molar refractivity (Wildman–Crippen MR) is 87.2 cm³/mol. The molecule has 0 atom stereocenters. The Morgan fingerprint density at radius 1 is 1.32 bits per heavy atom. The summed E-state index contributed by atoms with van der Waals surface area (Å²) in [6.07, 6.45) is 8.20. The van der Waals surface area contributed by atoms with Crippen LogP contribution in [0.5, 0.6) is 0 Å². The molecule has 1 aromatic carbocycles. The van der Waals surface area contributed by atoms with Crippen LogP contribution in [0.2, 0.25) is 0 Å². The Kier molecular flexibility index (Phi) is 6.02. The van der Waals surface area contributed by atoms with Gasteiger partial charge in [0.1, 0.15) is 0 Å². The van der Waals surface area contributed by atoms with Gasteiger partial charge >= 0.3 is 6.03 Å². The molecule has 0 bridgehead atoms. The molecule has 0 radical (unpaired) electrons. The van der Waals surface area contributed by atoms with Crippen LogP contribution in [0.3, 0.4) is 0 Å². The molecule has 0 aliphatic heterocycles. The van der Waals surface area contributed by atoms with Crippen LogP contribution in [0.1, 0.15) is 43.2 Å². The number of nitrogens with zero attached hydrogens (tertiary/aromatic N) is 2. The number of amides is 2. The molecule has 0 unspecified atom stereocenters. The Morgan fingerprint density at radius 2 is 2.09 bits per heavy atom. The van der Waals surface area contributed by atoms with E-state index in [1.54, 1.807) is 24.1 Å². The van der Waals surface area contributed by atoms with Gasteiger partial charge in [-0.3, -0.25) is 0 Å². The number of rotatable bonds is 5. The first kappa shape index (κ1) is 16.1. The Hall–Kier alpha value is -2.28. The van der Waals surface area contributed by atoms with Gasteiger partial charge in [0.15, 0.2) is 0 Å². The van der Waals surface area contributed by atoms with Gasteiger partial charge in [0.2, 0.25) is 0 Å². The number of hydrogen-bond acceptors (Lipinski definition) is 2. The molecule has 1 aromatic rings. The van der Waals surface area contributed by atoms with E-state index < -0.39 is 0 Å². The van der Waals surface area contributed by atoms with Crippen molar-refractivity contribution in [1.29, 1.82) is 5.26 Å². The van der Waals surface area contributed by atoms with Gasteiger partial charge in [0.05, 0.1) is 11.6 Å². The number of allylic oxidation sites excluding steroid dienone is 1. The van der Waals surface area contributed by atoms with Crippen molar-refractivity contribution in [3.63, 3.8) is 0 Å². The highest BCUT2D eigenvalue weighted by molar-refractivity contribution is 5.73. The van der Waals surface area contributed by atoms with Crippen molar-refractivity contribution in [2.45, 2.75) is 38.6 Å². The highest BCUT2D eigenvalue weighted by Crippen LogP contribution is 2.19. The van der Waals surface area contributed by atoms with Crippen molar-refractivity contribution >= 4 is 6.03 Å². The minimum atomic E-state index is -0.0548. The van der Waals surface area contributed by atoms with Gasteiger partial charge < -0.3 is 10.2 Å². The lowest BCUT2D eigenvalue weighted by Gasteiger charge is -2.19. The molecular formula is C18H23N3O. The summed E-state index contributed by atoms with van der Waals surface area (Å²) in [5.74, 6) is 0. The summed E-state index contributed by atoms with van der Waals surface area (Å²) in [5.41, 5.74) is 3.13. The number of nitrogens with one attached hydrogen (secondary N) is 1. The predicted octanol–water partition coefficient (Wildman–Crippen LogP) is 3.59. The fourth-order valence-corrected chi connectivity index (χ4v) is 2.63. The van der Waals surface area contributed by atoms with Crippen LogP contribution in [0, 0.1) is 11.3 Å². The maximum atomic E-state index is 12.1. The van der Waals surface area contributed by atoms with Crippen LogP contribution < -0.4 is 5.32 Å². The van der Waals surface area contributed by atoms with Crippen LogP contribution in [-0.2, 0) is 6.54 Å². The second kappa shape index (κ2) is 8.23. The van der Waals surface area contributed by atoms with Crippen molar-refractivity contribution in [3.05, 3.63) is 47.0 Å². The molecule has 4 nitrogen and oxygen atoms in total. The molecule has 0 fully saturated rings. The molecule has 0 spiro atoms. The molecule has 116 valence electrons. The maximum Gasteiger partial charge on any atom is 0.317 e. The van der Waals surface area contributed by atoms with Gasteiger partial charge in [-0.2, -0.15) is 5.26 Å². The summed E-state index contributed by atoms with van der Waals surface area (Å²) in [7, 11) is 1.79. The quantitative estimate of drug-likeness (QED) is 0.844. The fourth-order valence-electron chi connectivity index (χ4n) is 2.63. The first-order chi connectivity index (χ1) is 10.7. The van der Waals surface area contributed by atoms with Gasteiger partial charge in [-0.1, -0.05) is 23.8 Å². The number of hydrogen-bond donors (Lipinski definition) is 1. The smallest absolute Gasteiger partial charge is 0.317 e. The molecular weight excluding hydrogens is 274 g/mol. The van der Waals surface area contributed by atoms with E-state index in [0.29, 0.717) is 18.7 Å². The van der Waals surface area contributed by atoms with Gasteiger partial charge in [-0.05, 0) is 49.8 Å². The number of nitriles is 1. The Morgan fingerprint density at radius 3 is 2.73 bits per heavy atom. The average Bonchev–Trinajstić information content (AvgIpc) is 2.56. The van der Waals surface area contributed by atoms with Gasteiger partial charge in [-0.25, -0.2) is 4.79 Å². The first-order valence-corrected chi connectivity index (χ1v) is 7.85. The number of urea groups is 1. The molecule has 1 N–H and O–H groups in total. The Bertz CT molecular complexity index is 569. The summed E-state index contributed by atoms with van der Waals surface area (Å²) in [6.45, 7) is 1.24. The van der Waals surface area contributed by atoms with E-state index in [-0.39, 0.29) is 6.03 Å². The summed E-state index contributed by atoms with van der Waals surface area (Å²) in [4.78, 5) is 13.7. The molecule has 0 heterocycles. The lowest BCUT2D eigenvalue weighted by molar-refractivity contribution is 0.207. The zero-order chi connectivity index (χ0) is 15.8. The standard InChI is InChI=1S/C18H23N3O/c1-21(14-17-9-7-16(13-19)8-10-17)18(22)20-12-11-15-5-3-2-4-6-15/h5,7-10H,2-4,6,11-12,14H2,1H3,(H,20,22). The highest BCUT2D eigenvalue weighted by Gasteiger charge is 2.09. The summed E-state index contributed by atoms with van der Waals surface area (Å²) in [5, 5.41) is 11.7. The third-order valence-corrected chi connectivity index (χ3v) is 3.96. The van der Waals surface area contributed by atoms with E-state index in [4.69, 9.17) is 5.26 Å². The van der Waals surface area contributed by atoms with E-state index in [2.05, 4.69) is 17.5 Å². The third-order valence-electron chi connectivity index (χ3n) is 3.96. The van der Waals surface area contributed by atoms with Crippen molar-refractivity contribution < 1.29 is 4.79 Å². The van der Waals surface area contributed by atoms with E-state index in [0.717, 1.165) is 12.0 Å². The van der Waals surface area contributed by atoms with Crippen molar-refractivity contribution in [3.8, 4) is 6.07 Å². The van der Waals surface area contributed by atoms with E-state index in [9.17, 15) is 4.79 Å². The Labute approximate surface area is 132 Å². The van der Waals surface area contributed by atoms with E-state index >= 15 is 0 Å². The van der Waals surface area contributed by atoms with Crippen molar-refractivity contribution in [2.75, 3.05) is 13.6 Å². The lowest BCUT2D eigenvalue weighted by atomic mass is 9.97. The van der Waals surface area contributed by atoms with Crippen LogP contribution in [0.4, 0.5) is 4.79 Å². The molecule has 2 amide bonds. The molecule has 1 aliphatic rings. The second-order valence-corrected chi connectivity index (χ2v) is 5.75. The van der Waals surface area contributed by atoms with Crippen LogP contribution in [-0.4, -0.2) is 24.5 Å². The number of benzene rings is 1. The zero-order valence-electron chi connectivity index (χ0n) is 13.1. The lowest BCUT2D eigenvalue weighted by Crippen LogP contribution is -2.37. The van der Waals surface area contributed by atoms with Gasteiger partial charge in [0.25, 0.3) is 0 Å². The first-order valence-electron chi connectivity index (χ1n) is 7.85. The summed E-state index contributed by atoms with van der Waals surface area (Å²) in [6, 6.07) is 9.35. The third kappa shape index (κ3) is 4.92. The Balaban J connectivity index is 1.74. The molecule has 0 saturated heterocycles. The molecule has 22 heavy (non-hydrogen) atoms. The molecule has 0 aromatic heterocycles. The van der Waals surface area contributed by atoms with Crippen LogP contribution >= 0.6 is 0 Å². The molecule has 2 rings (SSSR count). The largest absolute Gasteiger partial charge is 0.338 e. The van der Waals surface area contributed by atoms with Crippen LogP contribution in [0.15, 0.2) is 35.9 Å². The number of carbonyl (C=O) groups excluding carboxylic acids is 1. The average molecular weight is 297 g/mol. The molecule has 0 saturated carbocycles. The normalized spacial score (nSPS) is 13.9. The zero-order valence-corrected chi connectivity index (χ0v) is 13.1. The van der Waals surface area contributed by atoms with E-state index in [1.165, 1.54) is 31.3 Å². The second-order valence-electron chi connectivity index (χ2n) is 5.75. The summed E-state index contributed by atoms with van der Waals surface area (Å²) < 4.78 is 0. The van der Waals surface area contributed by atoms with Gasteiger partial charge in [0, 0.05) is 20.1 Å². The minimum Gasteiger partial charge on any atom is -0.338 e. The molecule has 4 heteroatoms.